The molecule has 0 amide bonds. The average molecular weight is 256 g/mol. The Bertz CT molecular complexity index is 503. The van der Waals surface area contributed by atoms with Gasteiger partial charge in [-0.3, -0.25) is 4.18 Å². The Morgan fingerprint density at radius 1 is 1.35 bits per heavy atom. The zero-order valence-corrected chi connectivity index (χ0v) is 10.5. The minimum Gasteiger partial charge on any atom is -0.390 e. The lowest BCUT2D eigenvalue weighted by atomic mass is 10.2. The van der Waals surface area contributed by atoms with E-state index in [-0.39, 0.29) is 11.5 Å². The molecule has 1 fully saturated rings. The molecular formula is C12H16O4S. The molecule has 0 aromatic heterocycles. The van der Waals surface area contributed by atoms with E-state index in [9.17, 15) is 13.5 Å². The quantitative estimate of drug-likeness (QED) is 0.813. The highest BCUT2D eigenvalue weighted by molar-refractivity contribution is 7.86. The largest absolute Gasteiger partial charge is 0.390 e. The van der Waals surface area contributed by atoms with Gasteiger partial charge < -0.3 is 5.11 Å². The summed E-state index contributed by atoms with van der Waals surface area (Å²) in [6.07, 6.45) is 1.85. The van der Waals surface area contributed by atoms with Gasteiger partial charge in [-0.05, 0) is 31.4 Å². The molecule has 94 valence electrons. The van der Waals surface area contributed by atoms with Crippen LogP contribution in [0.5, 0.6) is 0 Å². The molecule has 1 saturated carbocycles. The molecule has 1 aliphatic carbocycles. The molecule has 2 rings (SSSR count). The summed E-state index contributed by atoms with van der Waals surface area (Å²) in [7, 11) is -3.70. The number of aryl methyl sites for hydroxylation is 1. The van der Waals surface area contributed by atoms with E-state index in [1.165, 1.54) is 6.07 Å². The fourth-order valence-electron chi connectivity index (χ4n) is 1.64. The first-order valence-electron chi connectivity index (χ1n) is 5.60. The number of rotatable bonds is 5. The minimum absolute atomic E-state index is 0.0349. The van der Waals surface area contributed by atoms with Gasteiger partial charge in [-0.25, -0.2) is 0 Å². The summed E-state index contributed by atoms with van der Waals surface area (Å²) in [5.74, 6) is 0. The number of hydrogen-bond acceptors (Lipinski definition) is 4. The molecule has 1 N–H and O–H groups in total. The van der Waals surface area contributed by atoms with Gasteiger partial charge in [0.1, 0.15) is 0 Å². The van der Waals surface area contributed by atoms with Crippen LogP contribution in [0.3, 0.4) is 0 Å². The predicted molar refractivity (Wildman–Crippen MR) is 63.1 cm³/mol. The van der Waals surface area contributed by atoms with Gasteiger partial charge >= 0.3 is 0 Å². The summed E-state index contributed by atoms with van der Waals surface area (Å²) in [4.78, 5) is 0.197. The molecular weight excluding hydrogens is 240 g/mol. The molecule has 0 unspecified atom stereocenters. The van der Waals surface area contributed by atoms with E-state index in [2.05, 4.69) is 0 Å². The molecule has 1 aromatic rings. The number of benzene rings is 1. The molecule has 0 heterocycles. The standard InChI is InChI=1S/C12H16O4S/c1-10-4-2-3-5-11(10)17(14,15)16-9-8-12(13)6-7-12/h2-5,13H,6-9H2,1H3. The van der Waals surface area contributed by atoms with Crippen molar-refractivity contribution in [1.29, 1.82) is 0 Å². The second-order valence-corrected chi connectivity index (χ2v) is 6.10. The van der Waals surface area contributed by atoms with Crippen molar-refractivity contribution in [3.8, 4) is 0 Å². The summed E-state index contributed by atoms with van der Waals surface area (Å²) in [5.41, 5.74) is -0.0148. The van der Waals surface area contributed by atoms with Crippen LogP contribution in [0.15, 0.2) is 29.2 Å². The number of hydrogen-bond donors (Lipinski definition) is 1. The third-order valence-electron chi connectivity index (χ3n) is 3.00. The van der Waals surface area contributed by atoms with Gasteiger partial charge in [0.25, 0.3) is 10.1 Å². The summed E-state index contributed by atoms with van der Waals surface area (Å²) in [6.45, 7) is 1.76. The van der Waals surface area contributed by atoms with Gasteiger partial charge in [-0.1, -0.05) is 18.2 Å². The highest BCUT2D eigenvalue weighted by atomic mass is 32.2. The first-order chi connectivity index (χ1) is 7.93. The van der Waals surface area contributed by atoms with Crippen LogP contribution in [-0.4, -0.2) is 25.7 Å². The Morgan fingerprint density at radius 2 is 2.00 bits per heavy atom. The van der Waals surface area contributed by atoms with E-state index in [1.807, 2.05) is 0 Å². The van der Waals surface area contributed by atoms with Crippen molar-refractivity contribution in [1.82, 2.24) is 0 Å². The predicted octanol–water partition coefficient (Wildman–Crippen LogP) is 1.62. The smallest absolute Gasteiger partial charge is 0.297 e. The van der Waals surface area contributed by atoms with Crippen molar-refractivity contribution in [3.05, 3.63) is 29.8 Å². The number of aliphatic hydroxyl groups is 1. The van der Waals surface area contributed by atoms with Crippen LogP contribution in [0.2, 0.25) is 0 Å². The molecule has 0 spiro atoms. The van der Waals surface area contributed by atoms with Crippen molar-refractivity contribution in [2.24, 2.45) is 0 Å². The van der Waals surface area contributed by atoms with E-state index < -0.39 is 15.7 Å². The van der Waals surface area contributed by atoms with E-state index in [4.69, 9.17) is 4.18 Å². The highest BCUT2D eigenvalue weighted by Crippen LogP contribution is 2.38. The van der Waals surface area contributed by atoms with Gasteiger partial charge in [0.05, 0.1) is 17.1 Å². The summed E-state index contributed by atoms with van der Waals surface area (Å²) < 4.78 is 28.6. The first-order valence-corrected chi connectivity index (χ1v) is 7.01. The molecule has 17 heavy (non-hydrogen) atoms. The summed E-state index contributed by atoms with van der Waals surface area (Å²) in [6, 6.07) is 6.69. The Kier molecular flexibility index (Phi) is 3.25. The van der Waals surface area contributed by atoms with Crippen molar-refractivity contribution in [3.63, 3.8) is 0 Å². The van der Waals surface area contributed by atoms with Crippen molar-refractivity contribution >= 4 is 10.1 Å². The lowest BCUT2D eigenvalue weighted by molar-refractivity contribution is 0.119. The Labute approximate surface area is 101 Å². The maximum absolute atomic E-state index is 11.9. The zero-order chi connectivity index (χ0) is 12.5. The zero-order valence-electron chi connectivity index (χ0n) is 9.72. The van der Waals surface area contributed by atoms with Gasteiger partial charge in [0.2, 0.25) is 0 Å². The minimum atomic E-state index is -3.70. The Morgan fingerprint density at radius 3 is 2.59 bits per heavy atom. The van der Waals surface area contributed by atoms with Gasteiger partial charge in [0, 0.05) is 6.42 Å². The topological polar surface area (TPSA) is 63.6 Å². The van der Waals surface area contributed by atoms with Crippen LogP contribution < -0.4 is 0 Å². The molecule has 0 radical (unpaired) electrons. The fraction of sp³-hybridized carbons (Fsp3) is 0.500. The first kappa shape index (κ1) is 12.5. The average Bonchev–Trinajstić information content (AvgIpc) is 2.96. The van der Waals surface area contributed by atoms with Gasteiger partial charge in [0.15, 0.2) is 0 Å². The van der Waals surface area contributed by atoms with Crippen LogP contribution in [0.1, 0.15) is 24.8 Å². The van der Waals surface area contributed by atoms with Crippen LogP contribution in [0.25, 0.3) is 0 Å². The maximum atomic E-state index is 11.9. The molecule has 1 aromatic carbocycles. The van der Waals surface area contributed by atoms with E-state index >= 15 is 0 Å². The van der Waals surface area contributed by atoms with Gasteiger partial charge in [-0.15, -0.1) is 0 Å². The van der Waals surface area contributed by atoms with Crippen LogP contribution in [0.4, 0.5) is 0 Å². The lowest BCUT2D eigenvalue weighted by Gasteiger charge is -2.10. The molecule has 4 nitrogen and oxygen atoms in total. The third-order valence-corrected chi connectivity index (χ3v) is 4.47. The lowest BCUT2D eigenvalue weighted by Crippen LogP contribution is -2.15. The molecule has 0 bridgehead atoms. The van der Waals surface area contributed by atoms with Crippen LogP contribution >= 0.6 is 0 Å². The summed E-state index contributed by atoms with van der Waals surface area (Å²) in [5, 5.41) is 9.58. The van der Waals surface area contributed by atoms with Crippen LogP contribution in [-0.2, 0) is 14.3 Å². The maximum Gasteiger partial charge on any atom is 0.297 e. The van der Waals surface area contributed by atoms with E-state index in [0.717, 1.165) is 12.8 Å². The Hall–Kier alpha value is -0.910. The monoisotopic (exact) mass is 256 g/mol. The molecule has 5 heteroatoms. The van der Waals surface area contributed by atoms with Gasteiger partial charge in [-0.2, -0.15) is 8.42 Å². The second kappa shape index (κ2) is 4.40. The second-order valence-electron chi connectivity index (χ2n) is 4.52. The van der Waals surface area contributed by atoms with E-state index in [1.54, 1.807) is 25.1 Å². The fourth-order valence-corrected chi connectivity index (χ4v) is 2.77. The van der Waals surface area contributed by atoms with Crippen molar-refractivity contribution in [2.45, 2.75) is 36.7 Å². The Balaban J connectivity index is 2.01. The van der Waals surface area contributed by atoms with Crippen molar-refractivity contribution < 1.29 is 17.7 Å². The molecule has 0 aliphatic heterocycles. The van der Waals surface area contributed by atoms with Crippen molar-refractivity contribution in [2.75, 3.05) is 6.61 Å². The SMILES string of the molecule is Cc1ccccc1S(=O)(=O)OCCC1(O)CC1. The van der Waals surface area contributed by atoms with Crippen LogP contribution in [0, 0.1) is 6.92 Å². The van der Waals surface area contributed by atoms with E-state index in [0.29, 0.717) is 12.0 Å². The molecule has 0 atom stereocenters. The highest BCUT2D eigenvalue weighted by Gasteiger charge is 2.40. The molecule has 1 aliphatic rings. The summed E-state index contributed by atoms with van der Waals surface area (Å²) >= 11 is 0. The molecule has 0 saturated heterocycles. The third kappa shape index (κ3) is 3.06. The normalized spacial score (nSPS) is 18.0.